The Morgan fingerprint density at radius 1 is 1.15 bits per heavy atom. The molecule has 0 unspecified atom stereocenters. The third-order valence-electron chi connectivity index (χ3n) is 4.56. The molecule has 1 N–H and O–H groups in total. The highest BCUT2D eigenvalue weighted by Crippen LogP contribution is 2.22. The van der Waals surface area contributed by atoms with E-state index >= 15 is 0 Å². The van der Waals surface area contributed by atoms with E-state index in [0.717, 1.165) is 16.8 Å². The molecule has 0 radical (unpaired) electrons. The van der Waals surface area contributed by atoms with Crippen molar-refractivity contribution in [1.82, 2.24) is 19.9 Å². The maximum Gasteiger partial charge on any atom is 0.264 e. The first-order valence-electron chi connectivity index (χ1n) is 8.85. The molecule has 2 heterocycles. The van der Waals surface area contributed by atoms with Gasteiger partial charge in [-0.2, -0.15) is 0 Å². The van der Waals surface area contributed by atoms with Gasteiger partial charge in [-0.05, 0) is 25.5 Å². The molecular weight excluding hydrogens is 340 g/mol. The van der Waals surface area contributed by atoms with Gasteiger partial charge in [0.2, 0.25) is 0 Å². The molecule has 0 spiro atoms. The number of aromatic amines is 1. The number of nitrogens with zero attached hydrogens (tertiary/aromatic N) is 3. The first kappa shape index (κ1) is 18.5. The van der Waals surface area contributed by atoms with Gasteiger partial charge in [0.1, 0.15) is 11.4 Å². The zero-order valence-corrected chi connectivity index (χ0v) is 15.6. The Morgan fingerprint density at radius 2 is 1.89 bits per heavy atom. The molecule has 3 aromatic rings. The van der Waals surface area contributed by atoms with Gasteiger partial charge in [0.25, 0.3) is 11.5 Å². The normalized spacial score (nSPS) is 11.8. The van der Waals surface area contributed by atoms with Gasteiger partial charge in [-0.3, -0.25) is 14.6 Å². The highest BCUT2D eigenvalue weighted by atomic mass is 16.2. The molecule has 1 aromatic carbocycles. The molecule has 0 bridgehead atoms. The van der Waals surface area contributed by atoms with E-state index in [4.69, 9.17) is 0 Å². The van der Waals surface area contributed by atoms with Crippen LogP contribution in [0.15, 0.2) is 59.7 Å². The zero-order chi connectivity index (χ0) is 19.4. The number of rotatable bonds is 5. The molecule has 1 atom stereocenters. The van der Waals surface area contributed by atoms with Crippen molar-refractivity contribution < 1.29 is 4.79 Å². The van der Waals surface area contributed by atoms with Crippen LogP contribution in [0.25, 0.3) is 11.4 Å². The number of hydrogen-bond acceptors (Lipinski definition) is 4. The van der Waals surface area contributed by atoms with Crippen molar-refractivity contribution in [2.24, 2.45) is 0 Å². The Hall–Kier alpha value is -3.28. The summed E-state index contributed by atoms with van der Waals surface area (Å²) in [6.45, 7) is 3.97. The van der Waals surface area contributed by atoms with Gasteiger partial charge in [0.05, 0.1) is 11.7 Å². The Bertz CT molecular complexity index is 981. The predicted octanol–water partition coefficient (Wildman–Crippen LogP) is 3.36. The van der Waals surface area contributed by atoms with E-state index < -0.39 is 5.56 Å². The van der Waals surface area contributed by atoms with Gasteiger partial charge in [0, 0.05) is 25.0 Å². The molecule has 0 fully saturated rings. The topological polar surface area (TPSA) is 79.0 Å². The SMILES string of the molecule is CC[C@@H](c1ccccn1)N(C)C(=O)c1cnc(-c2ccc(C)cc2)[nH]c1=O. The molecule has 0 aliphatic carbocycles. The summed E-state index contributed by atoms with van der Waals surface area (Å²) in [6.07, 6.45) is 3.73. The molecular formula is C21H22N4O2. The molecule has 6 nitrogen and oxygen atoms in total. The van der Waals surface area contributed by atoms with Gasteiger partial charge >= 0.3 is 0 Å². The van der Waals surface area contributed by atoms with Crippen molar-refractivity contribution in [3.05, 3.63) is 82.0 Å². The first-order chi connectivity index (χ1) is 13.0. The summed E-state index contributed by atoms with van der Waals surface area (Å²) >= 11 is 0. The van der Waals surface area contributed by atoms with Gasteiger partial charge < -0.3 is 9.88 Å². The number of H-pyrrole nitrogens is 1. The zero-order valence-electron chi connectivity index (χ0n) is 15.6. The minimum atomic E-state index is -0.451. The Balaban J connectivity index is 1.88. The number of aromatic nitrogens is 3. The average Bonchev–Trinajstić information content (AvgIpc) is 2.69. The van der Waals surface area contributed by atoms with E-state index in [0.29, 0.717) is 12.2 Å². The van der Waals surface area contributed by atoms with Crippen LogP contribution in [0.5, 0.6) is 0 Å². The fourth-order valence-corrected chi connectivity index (χ4v) is 2.99. The lowest BCUT2D eigenvalue weighted by Crippen LogP contribution is -2.35. The van der Waals surface area contributed by atoms with E-state index in [2.05, 4.69) is 15.0 Å². The van der Waals surface area contributed by atoms with E-state index in [-0.39, 0.29) is 17.5 Å². The van der Waals surface area contributed by atoms with Gasteiger partial charge in [-0.15, -0.1) is 0 Å². The number of carbonyl (C=O) groups is 1. The third kappa shape index (κ3) is 3.95. The van der Waals surface area contributed by atoms with E-state index in [1.165, 1.54) is 6.20 Å². The van der Waals surface area contributed by atoms with Crippen LogP contribution in [0, 0.1) is 6.92 Å². The minimum Gasteiger partial charge on any atom is -0.333 e. The van der Waals surface area contributed by atoms with E-state index in [1.54, 1.807) is 18.1 Å². The van der Waals surface area contributed by atoms with Crippen LogP contribution in [0.2, 0.25) is 0 Å². The highest BCUT2D eigenvalue weighted by molar-refractivity contribution is 5.93. The monoisotopic (exact) mass is 362 g/mol. The smallest absolute Gasteiger partial charge is 0.264 e. The molecule has 6 heteroatoms. The fraction of sp³-hybridized carbons (Fsp3) is 0.238. The summed E-state index contributed by atoms with van der Waals surface area (Å²) in [5.41, 5.74) is 2.27. The third-order valence-corrected chi connectivity index (χ3v) is 4.56. The van der Waals surface area contributed by atoms with Crippen molar-refractivity contribution >= 4 is 5.91 Å². The highest BCUT2D eigenvalue weighted by Gasteiger charge is 2.24. The minimum absolute atomic E-state index is 0.0164. The summed E-state index contributed by atoms with van der Waals surface area (Å²) < 4.78 is 0. The number of aryl methyl sites for hydroxylation is 1. The van der Waals surface area contributed by atoms with E-state index in [9.17, 15) is 9.59 Å². The van der Waals surface area contributed by atoms with Crippen LogP contribution in [0.1, 0.15) is 41.0 Å². The lowest BCUT2D eigenvalue weighted by Gasteiger charge is -2.26. The number of carbonyl (C=O) groups excluding carboxylic acids is 1. The standard InChI is InChI=1S/C21H22N4O2/c1-4-18(17-7-5-6-12-22-17)25(3)21(27)16-13-23-19(24-20(16)26)15-10-8-14(2)9-11-15/h5-13,18H,4H2,1-3H3,(H,23,24,26)/t18-/m0/s1. The molecule has 27 heavy (non-hydrogen) atoms. The van der Waals surface area contributed by atoms with Crippen LogP contribution in [0.4, 0.5) is 0 Å². The first-order valence-corrected chi connectivity index (χ1v) is 8.85. The van der Waals surface area contributed by atoms with Crippen LogP contribution in [0.3, 0.4) is 0 Å². The molecule has 138 valence electrons. The maximum absolute atomic E-state index is 12.9. The second kappa shape index (κ2) is 7.95. The lowest BCUT2D eigenvalue weighted by molar-refractivity contribution is 0.0720. The molecule has 2 aromatic heterocycles. The Labute approximate surface area is 157 Å². The maximum atomic E-state index is 12.9. The molecule has 0 aliphatic rings. The van der Waals surface area contributed by atoms with Crippen molar-refractivity contribution in [3.8, 4) is 11.4 Å². The predicted molar refractivity (Wildman–Crippen MR) is 104 cm³/mol. The molecule has 3 rings (SSSR count). The van der Waals surface area contributed by atoms with Crippen LogP contribution >= 0.6 is 0 Å². The van der Waals surface area contributed by atoms with Crippen molar-refractivity contribution in [2.45, 2.75) is 26.3 Å². The number of nitrogens with one attached hydrogen (secondary N) is 1. The molecule has 1 amide bonds. The number of hydrogen-bond donors (Lipinski definition) is 1. The fourth-order valence-electron chi connectivity index (χ4n) is 2.99. The number of pyridine rings is 1. The number of benzene rings is 1. The summed E-state index contributed by atoms with van der Waals surface area (Å²) in [7, 11) is 1.68. The molecule has 0 saturated heterocycles. The van der Waals surface area contributed by atoms with Crippen molar-refractivity contribution in [1.29, 1.82) is 0 Å². The molecule has 0 aliphatic heterocycles. The lowest BCUT2D eigenvalue weighted by atomic mass is 10.1. The summed E-state index contributed by atoms with van der Waals surface area (Å²) in [4.78, 5) is 38.3. The Kier molecular flexibility index (Phi) is 5.45. The van der Waals surface area contributed by atoms with Gasteiger partial charge in [-0.1, -0.05) is 42.8 Å². The number of amides is 1. The second-order valence-electron chi connectivity index (χ2n) is 6.44. The summed E-state index contributed by atoms with van der Waals surface area (Å²) in [5.74, 6) is 0.0627. The summed E-state index contributed by atoms with van der Waals surface area (Å²) in [6, 6.07) is 13.0. The second-order valence-corrected chi connectivity index (χ2v) is 6.44. The van der Waals surface area contributed by atoms with Crippen molar-refractivity contribution in [3.63, 3.8) is 0 Å². The van der Waals surface area contributed by atoms with Crippen LogP contribution in [-0.2, 0) is 0 Å². The average molecular weight is 362 g/mol. The van der Waals surface area contributed by atoms with Crippen LogP contribution in [-0.4, -0.2) is 32.8 Å². The summed E-state index contributed by atoms with van der Waals surface area (Å²) in [5, 5.41) is 0. The van der Waals surface area contributed by atoms with Gasteiger partial charge in [0.15, 0.2) is 0 Å². The quantitative estimate of drug-likeness (QED) is 0.755. The van der Waals surface area contributed by atoms with Crippen molar-refractivity contribution in [2.75, 3.05) is 7.05 Å². The Morgan fingerprint density at radius 3 is 2.48 bits per heavy atom. The van der Waals surface area contributed by atoms with E-state index in [1.807, 2.05) is 56.3 Å². The molecule has 0 saturated carbocycles. The van der Waals surface area contributed by atoms with Gasteiger partial charge in [-0.25, -0.2) is 4.98 Å². The van der Waals surface area contributed by atoms with Crippen LogP contribution < -0.4 is 5.56 Å². The largest absolute Gasteiger partial charge is 0.333 e.